The molecule has 0 aliphatic carbocycles. The summed E-state index contributed by atoms with van der Waals surface area (Å²) in [6.07, 6.45) is 0.833. The summed E-state index contributed by atoms with van der Waals surface area (Å²) >= 11 is 0. The molecule has 106 valence electrons. The number of carbonyl (C=O) groups is 1. The van der Waals surface area contributed by atoms with Gasteiger partial charge in [-0.1, -0.05) is 12.1 Å². The van der Waals surface area contributed by atoms with Crippen LogP contribution in [0.3, 0.4) is 0 Å². The number of benzene rings is 1. The maximum Gasteiger partial charge on any atom is 0.327 e. The van der Waals surface area contributed by atoms with Crippen LogP contribution < -0.4 is 10.1 Å². The van der Waals surface area contributed by atoms with Crippen LogP contribution in [0.4, 0.5) is 0 Å². The second kappa shape index (κ2) is 8.50. The Labute approximate surface area is 113 Å². The molecule has 1 N–H and O–H groups in total. The van der Waals surface area contributed by atoms with Gasteiger partial charge in [0.2, 0.25) is 0 Å². The Kier molecular flexibility index (Phi) is 6.92. The molecule has 0 aromatic heterocycles. The van der Waals surface area contributed by atoms with Crippen LogP contribution in [-0.2, 0) is 14.3 Å². The fraction of sp³-hybridized carbons (Fsp3) is 0.500. The number of carbonyl (C=O) groups excluding carboxylic acids is 1. The van der Waals surface area contributed by atoms with Crippen LogP contribution in [0.5, 0.6) is 5.75 Å². The number of hydrogen-bond acceptors (Lipinski definition) is 5. The monoisotopic (exact) mass is 267 g/mol. The average molecular weight is 267 g/mol. The summed E-state index contributed by atoms with van der Waals surface area (Å²) < 4.78 is 14.9. The molecule has 0 radical (unpaired) electrons. The summed E-state index contributed by atoms with van der Waals surface area (Å²) in [7, 11) is 4.65. The number of rotatable bonds is 8. The van der Waals surface area contributed by atoms with Gasteiger partial charge >= 0.3 is 5.97 Å². The smallest absolute Gasteiger partial charge is 0.327 e. The van der Waals surface area contributed by atoms with Gasteiger partial charge in [-0.25, -0.2) is 4.79 Å². The maximum atomic E-state index is 11.8. The standard InChI is InChI=1S/C14H21NO4/c1-17-10-4-9-15-13(14(16)19-3)11-5-7-12(18-2)8-6-11/h5-8,13,15H,4,9-10H2,1-3H3. The van der Waals surface area contributed by atoms with E-state index >= 15 is 0 Å². The van der Waals surface area contributed by atoms with Gasteiger partial charge in [-0.2, -0.15) is 0 Å². The molecule has 19 heavy (non-hydrogen) atoms. The van der Waals surface area contributed by atoms with E-state index in [-0.39, 0.29) is 5.97 Å². The van der Waals surface area contributed by atoms with E-state index in [2.05, 4.69) is 5.32 Å². The van der Waals surface area contributed by atoms with Crippen LogP contribution in [0.25, 0.3) is 0 Å². The van der Waals surface area contributed by atoms with E-state index in [1.165, 1.54) is 7.11 Å². The molecule has 5 nitrogen and oxygen atoms in total. The van der Waals surface area contributed by atoms with Gasteiger partial charge in [-0.15, -0.1) is 0 Å². The summed E-state index contributed by atoms with van der Waals surface area (Å²) in [6.45, 7) is 1.34. The van der Waals surface area contributed by atoms with Crippen molar-refractivity contribution in [2.45, 2.75) is 12.5 Å². The van der Waals surface area contributed by atoms with E-state index < -0.39 is 6.04 Å². The number of esters is 1. The summed E-state index contributed by atoms with van der Waals surface area (Å²) in [5.74, 6) is 0.453. The molecule has 0 spiro atoms. The predicted octanol–water partition coefficient (Wildman–Crippen LogP) is 1.54. The molecular formula is C14H21NO4. The van der Waals surface area contributed by atoms with Gasteiger partial charge in [-0.3, -0.25) is 0 Å². The van der Waals surface area contributed by atoms with Gasteiger partial charge in [-0.05, 0) is 30.7 Å². The fourth-order valence-electron chi connectivity index (χ4n) is 1.71. The zero-order chi connectivity index (χ0) is 14.1. The molecule has 1 atom stereocenters. The second-order valence-corrected chi connectivity index (χ2v) is 4.03. The van der Waals surface area contributed by atoms with E-state index in [0.29, 0.717) is 13.2 Å². The van der Waals surface area contributed by atoms with Crippen LogP contribution >= 0.6 is 0 Å². The van der Waals surface area contributed by atoms with Crippen molar-refractivity contribution in [1.29, 1.82) is 0 Å². The Hall–Kier alpha value is -1.59. The molecule has 1 aromatic carbocycles. The normalized spacial score (nSPS) is 11.9. The Morgan fingerprint density at radius 2 is 1.89 bits per heavy atom. The van der Waals surface area contributed by atoms with Crippen molar-refractivity contribution in [3.05, 3.63) is 29.8 Å². The molecular weight excluding hydrogens is 246 g/mol. The molecule has 5 heteroatoms. The van der Waals surface area contributed by atoms with Crippen LogP contribution in [0.2, 0.25) is 0 Å². The molecule has 0 fully saturated rings. The SMILES string of the molecule is COCCCNC(C(=O)OC)c1ccc(OC)cc1. The first-order valence-electron chi connectivity index (χ1n) is 6.17. The summed E-state index contributed by atoms with van der Waals surface area (Å²) in [5, 5.41) is 3.16. The average Bonchev–Trinajstić information content (AvgIpc) is 2.47. The van der Waals surface area contributed by atoms with Gasteiger partial charge in [0.25, 0.3) is 0 Å². The third kappa shape index (κ3) is 4.89. The third-order valence-corrected chi connectivity index (χ3v) is 2.76. The molecule has 1 aromatic rings. The number of methoxy groups -OCH3 is 3. The largest absolute Gasteiger partial charge is 0.497 e. The van der Waals surface area contributed by atoms with Crippen LogP contribution in [0.15, 0.2) is 24.3 Å². The van der Waals surface area contributed by atoms with Crippen LogP contribution in [-0.4, -0.2) is 40.5 Å². The van der Waals surface area contributed by atoms with Crippen molar-refractivity contribution in [3.8, 4) is 5.75 Å². The lowest BCUT2D eigenvalue weighted by Gasteiger charge is -2.17. The highest BCUT2D eigenvalue weighted by atomic mass is 16.5. The van der Waals surface area contributed by atoms with E-state index in [0.717, 1.165) is 17.7 Å². The topological polar surface area (TPSA) is 56.8 Å². The van der Waals surface area contributed by atoms with E-state index in [1.807, 2.05) is 24.3 Å². The minimum Gasteiger partial charge on any atom is -0.497 e. The number of ether oxygens (including phenoxy) is 3. The highest BCUT2D eigenvalue weighted by Crippen LogP contribution is 2.18. The lowest BCUT2D eigenvalue weighted by molar-refractivity contribution is -0.143. The molecule has 0 saturated heterocycles. The highest BCUT2D eigenvalue weighted by Gasteiger charge is 2.20. The lowest BCUT2D eigenvalue weighted by atomic mass is 10.1. The Balaban J connectivity index is 2.69. The quantitative estimate of drug-likeness (QED) is 0.572. The van der Waals surface area contributed by atoms with Crippen LogP contribution in [0, 0.1) is 0 Å². The molecule has 1 unspecified atom stereocenters. The van der Waals surface area contributed by atoms with E-state index in [1.54, 1.807) is 14.2 Å². The molecule has 0 saturated carbocycles. The summed E-state index contributed by atoms with van der Waals surface area (Å²) in [5.41, 5.74) is 0.852. The van der Waals surface area contributed by atoms with Crippen molar-refractivity contribution in [1.82, 2.24) is 5.32 Å². The van der Waals surface area contributed by atoms with Crippen molar-refractivity contribution < 1.29 is 19.0 Å². The number of nitrogens with one attached hydrogen (secondary N) is 1. The van der Waals surface area contributed by atoms with Gasteiger partial charge in [0.05, 0.1) is 14.2 Å². The van der Waals surface area contributed by atoms with Gasteiger partial charge < -0.3 is 19.5 Å². The highest BCUT2D eigenvalue weighted by molar-refractivity contribution is 5.77. The van der Waals surface area contributed by atoms with Crippen molar-refractivity contribution in [2.24, 2.45) is 0 Å². The first kappa shape index (κ1) is 15.5. The Morgan fingerprint density at radius 3 is 2.42 bits per heavy atom. The van der Waals surface area contributed by atoms with Gasteiger partial charge in [0, 0.05) is 13.7 Å². The Bertz CT molecular complexity index is 378. The molecule has 0 heterocycles. The van der Waals surface area contributed by atoms with Crippen molar-refractivity contribution >= 4 is 5.97 Å². The predicted molar refractivity (Wildman–Crippen MR) is 72.2 cm³/mol. The minimum absolute atomic E-state index is 0.303. The first-order valence-corrected chi connectivity index (χ1v) is 6.17. The maximum absolute atomic E-state index is 11.8. The van der Waals surface area contributed by atoms with Crippen LogP contribution in [0.1, 0.15) is 18.0 Å². The zero-order valence-corrected chi connectivity index (χ0v) is 11.6. The molecule has 0 aliphatic heterocycles. The zero-order valence-electron chi connectivity index (χ0n) is 11.6. The summed E-state index contributed by atoms with van der Waals surface area (Å²) in [4.78, 5) is 11.8. The van der Waals surface area contributed by atoms with Gasteiger partial charge in [0.1, 0.15) is 11.8 Å². The first-order chi connectivity index (χ1) is 9.22. The van der Waals surface area contributed by atoms with Gasteiger partial charge in [0.15, 0.2) is 0 Å². The molecule has 0 aliphatic rings. The summed E-state index contributed by atoms with van der Waals surface area (Å²) in [6, 6.07) is 6.88. The lowest BCUT2D eigenvalue weighted by Crippen LogP contribution is -2.30. The second-order valence-electron chi connectivity index (χ2n) is 4.03. The third-order valence-electron chi connectivity index (χ3n) is 2.76. The van der Waals surface area contributed by atoms with E-state index in [4.69, 9.17) is 14.2 Å². The minimum atomic E-state index is -0.465. The van der Waals surface area contributed by atoms with Crippen molar-refractivity contribution in [2.75, 3.05) is 34.5 Å². The van der Waals surface area contributed by atoms with Crippen molar-refractivity contribution in [3.63, 3.8) is 0 Å². The molecule has 1 rings (SSSR count). The Morgan fingerprint density at radius 1 is 1.21 bits per heavy atom. The number of hydrogen-bond donors (Lipinski definition) is 1. The fourth-order valence-corrected chi connectivity index (χ4v) is 1.71. The molecule has 0 amide bonds. The van der Waals surface area contributed by atoms with E-state index in [9.17, 15) is 4.79 Å². The molecule has 0 bridgehead atoms.